The molecular weight excluding hydrogens is 1240 g/mol. The van der Waals surface area contributed by atoms with Gasteiger partial charge in [0.25, 0.3) is 0 Å². The first-order valence-corrected chi connectivity index (χ1v) is 40.5. The Balaban J connectivity index is 4.59. The third-order valence-electron chi connectivity index (χ3n) is 15.8. The van der Waals surface area contributed by atoms with Gasteiger partial charge in [-0.15, -0.1) is 0 Å². The molecule has 0 aromatic carbocycles. The van der Waals surface area contributed by atoms with Crippen molar-refractivity contribution in [2.75, 3.05) is 39.6 Å². The molecule has 5 atom stereocenters. The van der Waals surface area contributed by atoms with Crippen LogP contribution in [-0.4, -0.2) is 95.9 Å². The minimum atomic E-state index is -4.93. The summed E-state index contributed by atoms with van der Waals surface area (Å²) in [6, 6.07) is 0. The summed E-state index contributed by atoms with van der Waals surface area (Å²) in [6.45, 7) is 2.55. The lowest BCUT2D eigenvalue weighted by Crippen LogP contribution is -2.30. The van der Waals surface area contributed by atoms with Crippen molar-refractivity contribution in [2.24, 2.45) is 0 Å². The summed E-state index contributed by atoms with van der Waals surface area (Å²) >= 11 is 0. The second-order valence-electron chi connectivity index (χ2n) is 25.1. The molecule has 0 aromatic rings. The van der Waals surface area contributed by atoms with E-state index in [1.807, 2.05) is 0 Å². The number of ether oxygens (including phenoxy) is 3. The van der Waals surface area contributed by atoms with E-state index in [-0.39, 0.29) is 19.3 Å². The fraction of sp³-hybridized carbons (Fsp3) is 0.753. The van der Waals surface area contributed by atoms with Crippen LogP contribution in [0.1, 0.15) is 316 Å². The highest BCUT2D eigenvalue weighted by molar-refractivity contribution is 7.47. The molecule has 18 heteroatoms. The molecule has 0 saturated heterocycles. The summed E-state index contributed by atoms with van der Waals surface area (Å²) < 4.78 is 61.1. The van der Waals surface area contributed by atoms with Gasteiger partial charge in [0.05, 0.1) is 26.4 Å². The Morgan fingerprint density at radius 2 is 0.558 bits per heavy atom. The molecule has 0 aliphatic rings. The molecule has 4 N–H and O–H groups in total. The standard InChI is InChI=1S/C77H136O16P2/c1-4-7-10-13-16-19-22-25-28-30-32-33-34-35-36-37-39-41-43-45-48-51-54-57-60-63-75(80)87-66-72(78)67-89-94(83,84)90-68-73(79)69-91-95(85,86)92-71-74(93-77(82)65-62-59-56-53-50-47-42-27-24-21-18-15-12-9-6-3)70-88-76(81)64-61-58-55-52-49-46-44-40-38-31-29-26-23-20-17-14-11-8-5-2/h8,11,16-17,19-20,25-26,28-29,32-33,35-36,38,40,72-74,78-79H,4-7,9-10,12-15,18,21-24,27,30-31,34,37,39,41-71H2,1-3H3,(H,83,84)(H,85,86)/b11-8-,19-16-,20-17-,28-25-,29-26-,33-32-,36-35-,40-38-. The van der Waals surface area contributed by atoms with Crippen LogP contribution in [0.3, 0.4) is 0 Å². The average Bonchev–Trinajstić information content (AvgIpc) is 2.13. The van der Waals surface area contributed by atoms with Crippen molar-refractivity contribution >= 4 is 33.6 Å². The molecule has 0 aliphatic heterocycles. The van der Waals surface area contributed by atoms with Crippen LogP contribution in [0.2, 0.25) is 0 Å². The van der Waals surface area contributed by atoms with Gasteiger partial charge >= 0.3 is 33.6 Å². The second-order valence-corrected chi connectivity index (χ2v) is 28.0. The molecule has 0 rings (SSSR count). The van der Waals surface area contributed by atoms with Gasteiger partial charge in [-0.05, 0) is 103 Å². The molecule has 0 bridgehead atoms. The highest BCUT2D eigenvalue weighted by atomic mass is 31.2. The van der Waals surface area contributed by atoms with Crippen LogP contribution >= 0.6 is 15.6 Å². The summed E-state index contributed by atoms with van der Waals surface area (Å²) in [5.41, 5.74) is 0. The Morgan fingerprint density at radius 3 is 0.905 bits per heavy atom. The number of hydrogen-bond acceptors (Lipinski definition) is 14. The molecule has 0 aromatic heterocycles. The number of carbonyl (C=O) groups is 3. The minimum absolute atomic E-state index is 0.104. The predicted molar refractivity (Wildman–Crippen MR) is 390 cm³/mol. The van der Waals surface area contributed by atoms with Gasteiger partial charge in [-0.3, -0.25) is 32.5 Å². The fourth-order valence-electron chi connectivity index (χ4n) is 10.1. The highest BCUT2D eigenvalue weighted by Gasteiger charge is 2.29. The van der Waals surface area contributed by atoms with Gasteiger partial charge in [0.15, 0.2) is 6.10 Å². The third-order valence-corrected chi connectivity index (χ3v) is 17.7. The minimum Gasteiger partial charge on any atom is -0.463 e. The number of unbranched alkanes of at least 4 members (excludes halogenated alkanes) is 32. The van der Waals surface area contributed by atoms with E-state index >= 15 is 0 Å². The molecule has 550 valence electrons. The molecule has 0 saturated carbocycles. The summed E-state index contributed by atoms with van der Waals surface area (Å²) in [4.78, 5) is 58.5. The third kappa shape index (κ3) is 71.6. The first kappa shape index (κ1) is 91.5. The zero-order valence-electron chi connectivity index (χ0n) is 59.8. The van der Waals surface area contributed by atoms with Gasteiger partial charge < -0.3 is 34.2 Å². The molecule has 0 spiro atoms. The maximum absolute atomic E-state index is 13.0. The number of aliphatic hydroxyl groups is 2. The van der Waals surface area contributed by atoms with Crippen LogP contribution in [0, 0.1) is 0 Å². The predicted octanol–water partition coefficient (Wildman–Crippen LogP) is 21.4. The van der Waals surface area contributed by atoms with Crippen LogP contribution in [0.25, 0.3) is 0 Å². The maximum Gasteiger partial charge on any atom is 0.472 e. The Bertz CT molecular complexity index is 2120. The van der Waals surface area contributed by atoms with Crippen LogP contribution in [-0.2, 0) is 55.8 Å². The number of allylic oxidation sites excluding steroid dienone is 16. The zero-order valence-corrected chi connectivity index (χ0v) is 61.6. The van der Waals surface area contributed by atoms with Gasteiger partial charge in [-0.1, -0.05) is 291 Å². The lowest BCUT2D eigenvalue weighted by molar-refractivity contribution is -0.161. The molecule has 5 unspecified atom stereocenters. The number of phosphoric acid groups is 2. The normalized spacial score (nSPS) is 14.6. The van der Waals surface area contributed by atoms with Crippen molar-refractivity contribution in [3.05, 3.63) is 97.2 Å². The van der Waals surface area contributed by atoms with E-state index < -0.39 is 91.5 Å². The SMILES string of the molecule is CC/C=C\C/C=C\C/C=C\C/C=C\CCCCCCCCC(=O)OCC(COP(=O)(O)OCC(O)COP(=O)(O)OCC(O)COC(=O)CCCCCCCCCCC/C=C\C/C=C\C/C=C\C/C=C\CCCCC)OC(=O)CCCCCCCCCCCCCCCCC. The Kier molecular flexibility index (Phi) is 67.7. The van der Waals surface area contributed by atoms with E-state index in [0.717, 1.165) is 141 Å². The lowest BCUT2D eigenvalue weighted by Gasteiger charge is -2.21. The largest absolute Gasteiger partial charge is 0.472 e. The highest BCUT2D eigenvalue weighted by Crippen LogP contribution is 2.45. The van der Waals surface area contributed by atoms with Crippen LogP contribution in [0.4, 0.5) is 0 Å². The van der Waals surface area contributed by atoms with Crippen molar-refractivity contribution in [3.63, 3.8) is 0 Å². The molecule has 0 aliphatic carbocycles. The fourth-order valence-corrected chi connectivity index (χ4v) is 11.7. The number of carbonyl (C=O) groups excluding carboxylic acids is 3. The van der Waals surface area contributed by atoms with Gasteiger partial charge in [0.2, 0.25) is 0 Å². The number of phosphoric ester groups is 2. The second kappa shape index (κ2) is 70.3. The van der Waals surface area contributed by atoms with Crippen LogP contribution in [0.15, 0.2) is 97.2 Å². The smallest absolute Gasteiger partial charge is 0.463 e. The lowest BCUT2D eigenvalue weighted by atomic mass is 10.0. The van der Waals surface area contributed by atoms with Crippen molar-refractivity contribution < 1.29 is 75.8 Å². The average molecular weight is 1380 g/mol. The van der Waals surface area contributed by atoms with Gasteiger partial charge in [-0.25, -0.2) is 9.13 Å². The molecule has 0 heterocycles. The summed E-state index contributed by atoms with van der Waals surface area (Å²) in [5, 5.41) is 20.6. The molecule has 0 amide bonds. The molecule has 95 heavy (non-hydrogen) atoms. The molecular formula is C77H136O16P2. The van der Waals surface area contributed by atoms with Gasteiger partial charge in [-0.2, -0.15) is 0 Å². The number of rotatable bonds is 71. The zero-order chi connectivity index (χ0) is 69.5. The molecule has 16 nitrogen and oxygen atoms in total. The number of esters is 3. The van der Waals surface area contributed by atoms with Crippen molar-refractivity contribution in [1.29, 1.82) is 0 Å². The van der Waals surface area contributed by atoms with Gasteiger partial charge in [0, 0.05) is 19.3 Å². The van der Waals surface area contributed by atoms with Crippen LogP contribution < -0.4 is 0 Å². The topological polar surface area (TPSA) is 231 Å². The molecule has 0 fully saturated rings. The first-order valence-electron chi connectivity index (χ1n) is 37.5. The first-order chi connectivity index (χ1) is 46.2. The Hall–Kier alpha value is -3.53. The monoisotopic (exact) mass is 1380 g/mol. The van der Waals surface area contributed by atoms with E-state index in [9.17, 15) is 43.5 Å². The van der Waals surface area contributed by atoms with E-state index in [4.69, 9.17) is 32.3 Å². The summed E-state index contributed by atoms with van der Waals surface area (Å²) in [6.07, 6.45) is 78.7. The van der Waals surface area contributed by atoms with E-state index in [1.54, 1.807) is 0 Å². The number of hydrogen-bond donors (Lipinski definition) is 4. The molecule has 0 radical (unpaired) electrons. The van der Waals surface area contributed by atoms with Crippen LogP contribution in [0.5, 0.6) is 0 Å². The summed E-state index contributed by atoms with van der Waals surface area (Å²) in [5.74, 6) is -1.58. The quantitative estimate of drug-likeness (QED) is 0.0146. The van der Waals surface area contributed by atoms with Crippen molar-refractivity contribution in [3.8, 4) is 0 Å². The summed E-state index contributed by atoms with van der Waals surface area (Å²) in [7, 11) is -9.78. The van der Waals surface area contributed by atoms with Crippen molar-refractivity contribution in [1.82, 2.24) is 0 Å². The van der Waals surface area contributed by atoms with Crippen molar-refractivity contribution in [2.45, 2.75) is 334 Å². The van der Waals surface area contributed by atoms with E-state index in [0.29, 0.717) is 19.3 Å². The Morgan fingerprint density at radius 1 is 0.305 bits per heavy atom. The van der Waals surface area contributed by atoms with E-state index in [2.05, 4.69) is 118 Å². The maximum atomic E-state index is 13.0. The van der Waals surface area contributed by atoms with E-state index in [1.165, 1.54) is 116 Å². The number of aliphatic hydroxyl groups excluding tert-OH is 2. The Labute approximate surface area is 578 Å². The van der Waals surface area contributed by atoms with Gasteiger partial charge in [0.1, 0.15) is 25.4 Å².